The molecule has 0 fully saturated rings. The lowest BCUT2D eigenvalue weighted by molar-refractivity contribution is 1.25. The van der Waals surface area contributed by atoms with Crippen LogP contribution in [0.5, 0.6) is 0 Å². The lowest BCUT2D eigenvalue weighted by Crippen LogP contribution is -1.86. The lowest BCUT2D eigenvalue weighted by atomic mass is 10.4. The monoisotopic (exact) mass is 201 g/mol. The second kappa shape index (κ2) is 3.09. The van der Waals surface area contributed by atoms with Crippen LogP contribution in [0.25, 0.3) is 0 Å². The van der Waals surface area contributed by atoms with E-state index in [9.17, 15) is 0 Å². The van der Waals surface area contributed by atoms with Gasteiger partial charge < -0.3 is 0 Å². The molecule has 0 spiro atoms. The van der Waals surface area contributed by atoms with E-state index in [-0.39, 0.29) is 0 Å². The van der Waals surface area contributed by atoms with Crippen molar-refractivity contribution in [1.82, 2.24) is 0 Å². The van der Waals surface area contributed by atoms with Crippen molar-refractivity contribution in [1.29, 1.82) is 0 Å². The first-order valence-corrected chi connectivity index (χ1v) is 5.00. The molecule has 1 aliphatic rings. The standard InChI is InChI=1S/C7H4ClNS2/c8-7-9-11-6-4-2-1-3-5(6)10-7/h1-4H. The fourth-order valence-corrected chi connectivity index (χ4v) is 2.62. The molecule has 1 nitrogen and oxygen atoms in total. The number of hydrogen-bond acceptors (Lipinski definition) is 3. The Kier molecular flexibility index (Phi) is 2.11. The van der Waals surface area contributed by atoms with Crippen LogP contribution in [0.3, 0.4) is 0 Å². The molecule has 4 heteroatoms. The van der Waals surface area contributed by atoms with Crippen molar-refractivity contribution >= 4 is 39.8 Å². The zero-order valence-corrected chi connectivity index (χ0v) is 7.84. The van der Waals surface area contributed by atoms with Crippen molar-refractivity contribution in [2.75, 3.05) is 0 Å². The number of halogens is 1. The average molecular weight is 202 g/mol. The molecule has 0 radical (unpaired) electrons. The Morgan fingerprint density at radius 1 is 1.18 bits per heavy atom. The number of thioether (sulfide) groups is 1. The van der Waals surface area contributed by atoms with Crippen molar-refractivity contribution < 1.29 is 0 Å². The second-order valence-electron chi connectivity index (χ2n) is 1.98. The molecule has 0 unspecified atom stereocenters. The molecule has 0 saturated carbocycles. The van der Waals surface area contributed by atoms with E-state index in [0.29, 0.717) is 4.50 Å². The number of hydrogen-bond donors (Lipinski definition) is 0. The first-order chi connectivity index (χ1) is 5.36. The number of rotatable bonds is 0. The predicted octanol–water partition coefficient (Wildman–Crippen LogP) is 3.39. The van der Waals surface area contributed by atoms with Crippen LogP contribution in [0.2, 0.25) is 0 Å². The summed E-state index contributed by atoms with van der Waals surface area (Å²) in [5.41, 5.74) is 0. The Bertz CT molecular complexity index is 311. The molecule has 0 atom stereocenters. The lowest BCUT2D eigenvalue weighted by Gasteiger charge is -2.08. The van der Waals surface area contributed by atoms with Crippen LogP contribution in [0.4, 0.5) is 0 Å². The van der Waals surface area contributed by atoms with Crippen LogP contribution in [0, 0.1) is 0 Å². The zero-order valence-electron chi connectivity index (χ0n) is 5.45. The minimum atomic E-state index is 0.605. The maximum Gasteiger partial charge on any atom is 0.175 e. The summed E-state index contributed by atoms with van der Waals surface area (Å²) in [6.45, 7) is 0. The highest BCUT2D eigenvalue weighted by Crippen LogP contribution is 2.38. The Morgan fingerprint density at radius 2 is 1.91 bits per heavy atom. The van der Waals surface area contributed by atoms with Gasteiger partial charge in [0.25, 0.3) is 0 Å². The van der Waals surface area contributed by atoms with Crippen molar-refractivity contribution in [2.24, 2.45) is 4.40 Å². The van der Waals surface area contributed by atoms with E-state index < -0.39 is 0 Å². The highest BCUT2D eigenvalue weighted by Gasteiger charge is 2.10. The van der Waals surface area contributed by atoms with E-state index >= 15 is 0 Å². The number of benzene rings is 1. The number of fused-ring (bicyclic) bond motifs is 1. The topological polar surface area (TPSA) is 12.4 Å². The maximum absolute atomic E-state index is 5.74. The van der Waals surface area contributed by atoms with Gasteiger partial charge in [0.15, 0.2) is 4.50 Å². The molecule has 2 rings (SSSR count). The Morgan fingerprint density at radius 3 is 2.73 bits per heavy atom. The summed E-state index contributed by atoms with van der Waals surface area (Å²) in [4.78, 5) is 2.37. The molecule has 0 N–H and O–H groups in total. The quantitative estimate of drug-likeness (QED) is 0.597. The van der Waals surface area contributed by atoms with Gasteiger partial charge in [0, 0.05) is 21.7 Å². The van der Waals surface area contributed by atoms with E-state index in [1.807, 2.05) is 24.3 Å². The summed E-state index contributed by atoms with van der Waals surface area (Å²) in [6, 6.07) is 8.09. The third-order valence-electron chi connectivity index (χ3n) is 1.26. The van der Waals surface area contributed by atoms with Crippen LogP contribution in [0.1, 0.15) is 0 Å². The van der Waals surface area contributed by atoms with Crippen molar-refractivity contribution in [2.45, 2.75) is 9.79 Å². The van der Waals surface area contributed by atoms with Gasteiger partial charge in [-0.3, -0.25) is 0 Å². The molecule has 1 heterocycles. The van der Waals surface area contributed by atoms with Crippen molar-refractivity contribution in [3.05, 3.63) is 24.3 Å². The van der Waals surface area contributed by atoms with Crippen LogP contribution in [-0.2, 0) is 0 Å². The summed E-state index contributed by atoms with van der Waals surface area (Å²) >= 11 is 8.67. The fraction of sp³-hybridized carbons (Fsp3) is 0. The van der Waals surface area contributed by atoms with Gasteiger partial charge >= 0.3 is 0 Å². The molecule has 0 amide bonds. The van der Waals surface area contributed by atoms with Crippen molar-refractivity contribution in [3.8, 4) is 0 Å². The van der Waals surface area contributed by atoms with Gasteiger partial charge in [-0.2, -0.15) is 4.40 Å². The summed E-state index contributed by atoms with van der Waals surface area (Å²) in [5, 5.41) is 0. The maximum atomic E-state index is 5.74. The van der Waals surface area contributed by atoms with Gasteiger partial charge in [0.05, 0.1) is 0 Å². The molecule has 1 aliphatic heterocycles. The highest BCUT2D eigenvalue weighted by atomic mass is 35.5. The van der Waals surface area contributed by atoms with Gasteiger partial charge in [0.2, 0.25) is 0 Å². The normalized spacial score (nSPS) is 15.5. The second-order valence-corrected chi connectivity index (χ2v) is 4.40. The van der Waals surface area contributed by atoms with Gasteiger partial charge in [-0.1, -0.05) is 35.5 Å². The first kappa shape index (κ1) is 7.53. The molecule has 11 heavy (non-hydrogen) atoms. The molecular weight excluding hydrogens is 198 g/mol. The van der Waals surface area contributed by atoms with Gasteiger partial charge in [0.1, 0.15) is 0 Å². The third-order valence-corrected chi connectivity index (χ3v) is 3.58. The zero-order chi connectivity index (χ0) is 7.68. The largest absolute Gasteiger partial charge is 0.192 e. The molecule has 56 valence electrons. The Labute approximate surface area is 78.4 Å². The number of nitrogens with zero attached hydrogens (tertiary/aromatic N) is 1. The minimum Gasteiger partial charge on any atom is -0.192 e. The molecule has 1 aromatic carbocycles. The van der Waals surface area contributed by atoms with E-state index in [0.717, 1.165) is 0 Å². The first-order valence-electron chi connectivity index (χ1n) is 3.03. The van der Waals surface area contributed by atoms with Crippen LogP contribution in [-0.4, -0.2) is 4.50 Å². The van der Waals surface area contributed by atoms with Crippen LogP contribution < -0.4 is 0 Å². The fourth-order valence-electron chi connectivity index (χ4n) is 0.804. The Hall–Kier alpha value is -0.120. The average Bonchev–Trinajstić information content (AvgIpc) is 2.04. The summed E-state index contributed by atoms with van der Waals surface area (Å²) < 4.78 is 4.64. The molecule has 0 aliphatic carbocycles. The van der Waals surface area contributed by atoms with E-state index in [1.54, 1.807) is 0 Å². The molecule has 1 aromatic rings. The molecule has 0 saturated heterocycles. The van der Waals surface area contributed by atoms with Gasteiger partial charge in [-0.05, 0) is 12.1 Å². The highest BCUT2D eigenvalue weighted by molar-refractivity contribution is 8.19. The van der Waals surface area contributed by atoms with Gasteiger partial charge in [-0.25, -0.2) is 0 Å². The van der Waals surface area contributed by atoms with E-state index in [4.69, 9.17) is 11.6 Å². The van der Waals surface area contributed by atoms with Gasteiger partial charge in [-0.15, -0.1) is 0 Å². The molecule has 0 aromatic heterocycles. The van der Waals surface area contributed by atoms with Crippen LogP contribution >= 0.6 is 35.3 Å². The smallest absolute Gasteiger partial charge is 0.175 e. The minimum absolute atomic E-state index is 0.605. The summed E-state index contributed by atoms with van der Waals surface area (Å²) in [6.07, 6.45) is 0. The van der Waals surface area contributed by atoms with E-state index in [2.05, 4.69) is 4.40 Å². The SMILES string of the molecule is ClC1=NSc2ccccc2S1. The van der Waals surface area contributed by atoms with Crippen LogP contribution in [0.15, 0.2) is 38.5 Å². The van der Waals surface area contributed by atoms with Crippen molar-refractivity contribution in [3.63, 3.8) is 0 Å². The third kappa shape index (κ3) is 1.55. The summed E-state index contributed by atoms with van der Waals surface area (Å²) in [7, 11) is 0. The predicted molar refractivity (Wildman–Crippen MR) is 51.4 cm³/mol. The Balaban J connectivity index is 2.42. The summed E-state index contributed by atoms with van der Waals surface area (Å²) in [5.74, 6) is 0. The van der Waals surface area contributed by atoms with E-state index in [1.165, 1.54) is 33.5 Å². The molecular formula is C7H4ClNS2. The molecule has 0 bridgehead atoms.